The number of para-hydroxylation sites is 1. The minimum atomic E-state index is -0.868. The number of imide groups is 1. The molecule has 30 heavy (non-hydrogen) atoms. The monoisotopic (exact) mass is 403 g/mol. The zero-order chi connectivity index (χ0) is 22.0. The molecular weight excluding hydrogens is 386 g/mol. The molecule has 8 nitrogen and oxygen atoms in total. The summed E-state index contributed by atoms with van der Waals surface area (Å²) < 4.78 is 4.94. The zero-order valence-corrected chi connectivity index (χ0v) is 16.3. The maximum atomic E-state index is 12.8. The summed E-state index contributed by atoms with van der Waals surface area (Å²) in [5.74, 6) is -2.64. The minimum absolute atomic E-state index is 0.00120. The number of benzene rings is 2. The lowest BCUT2D eigenvalue weighted by molar-refractivity contribution is -0.118. The maximum Gasteiger partial charge on any atom is 0.338 e. The first-order chi connectivity index (χ1) is 14.3. The molecule has 0 saturated carbocycles. The van der Waals surface area contributed by atoms with Crippen molar-refractivity contribution in [3.05, 3.63) is 76.0 Å². The van der Waals surface area contributed by atoms with E-state index in [0.717, 1.165) is 10.5 Å². The molecule has 0 radical (unpaired) electrons. The number of hydrogen-bond acceptors (Lipinski definition) is 7. The second-order valence-electron chi connectivity index (χ2n) is 6.66. The number of nitrogens with two attached hydrogens (primary N) is 1. The molecule has 1 heterocycles. The molecule has 2 aromatic rings. The van der Waals surface area contributed by atoms with Gasteiger partial charge in [-0.15, -0.1) is 0 Å². The fraction of sp³-hybridized carbons (Fsp3) is 0.136. The van der Waals surface area contributed by atoms with E-state index >= 15 is 0 Å². The molecule has 0 bridgehead atoms. The minimum Gasteiger partial charge on any atom is -0.454 e. The van der Waals surface area contributed by atoms with Gasteiger partial charge in [0, 0.05) is 5.70 Å². The first-order valence-electron chi connectivity index (χ1n) is 8.91. The van der Waals surface area contributed by atoms with Crippen LogP contribution in [0.5, 0.6) is 0 Å². The number of Topliss-reactive ketones (excluding diaryl/α,β-unsaturated/α-hetero) is 1. The molecule has 2 N–H and O–H groups in total. The number of hydrogen-bond donors (Lipinski definition) is 1. The van der Waals surface area contributed by atoms with Crippen LogP contribution in [0.1, 0.15) is 43.6 Å². The average molecular weight is 403 g/mol. The Balaban J connectivity index is 1.82. The molecular formula is C22H17N3O5. The van der Waals surface area contributed by atoms with Gasteiger partial charge in [-0.25, -0.2) is 9.69 Å². The van der Waals surface area contributed by atoms with E-state index in [2.05, 4.69) is 0 Å². The first-order valence-corrected chi connectivity index (χ1v) is 8.91. The number of rotatable bonds is 5. The Labute approximate surface area is 172 Å². The van der Waals surface area contributed by atoms with Crippen molar-refractivity contribution >= 4 is 29.3 Å². The Morgan fingerprint density at radius 3 is 2.40 bits per heavy atom. The van der Waals surface area contributed by atoms with Crippen LogP contribution >= 0.6 is 0 Å². The Morgan fingerprint density at radius 1 is 1.10 bits per heavy atom. The highest BCUT2D eigenvalue weighted by Crippen LogP contribution is 2.31. The van der Waals surface area contributed by atoms with E-state index < -0.39 is 30.2 Å². The highest BCUT2D eigenvalue weighted by Gasteiger charge is 2.37. The molecule has 1 aliphatic rings. The molecule has 0 unspecified atom stereocenters. The molecule has 3 rings (SSSR count). The van der Waals surface area contributed by atoms with Crippen LogP contribution in [0.2, 0.25) is 0 Å². The SMILES string of the molecule is C/C(N)=C(/C#N)C(=O)COC(=O)c1ccc2c(c1)C(=O)N(c1ccccc1C)C2=O. The van der Waals surface area contributed by atoms with Gasteiger partial charge >= 0.3 is 5.97 Å². The molecule has 8 heteroatoms. The summed E-state index contributed by atoms with van der Waals surface area (Å²) in [7, 11) is 0. The van der Waals surface area contributed by atoms with Crippen molar-refractivity contribution in [1.82, 2.24) is 0 Å². The number of allylic oxidation sites excluding steroid dienone is 1. The summed E-state index contributed by atoms with van der Waals surface area (Å²) in [6, 6.07) is 12.6. The number of nitrogens with zero attached hydrogens (tertiary/aromatic N) is 2. The molecule has 2 amide bonds. The van der Waals surface area contributed by atoms with Crippen molar-refractivity contribution in [1.29, 1.82) is 5.26 Å². The van der Waals surface area contributed by atoms with Crippen molar-refractivity contribution in [2.75, 3.05) is 11.5 Å². The van der Waals surface area contributed by atoms with Crippen LogP contribution in [0.15, 0.2) is 53.7 Å². The zero-order valence-electron chi connectivity index (χ0n) is 16.3. The van der Waals surface area contributed by atoms with Gasteiger partial charge in [0.25, 0.3) is 11.8 Å². The van der Waals surface area contributed by atoms with Crippen molar-refractivity contribution in [2.45, 2.75) is 13.8 Å². The van der Waals surface area contributed by atoms with Gasteiger partial charge in [0.1, 0.15) is 11.6 Å². The number of fused-ring (bicyclic) bond motifs is 1. The van der Waals surface area contributed by atoms with Crippen molar-refractivity contribution in [3.63, 3.8) is 0 Å². The van der Waals surface area contributed by atoms with Crippen LogP contribution in [0.4, 0.5) is 5.69 Å². The van der Waals surface area contributed by atoms with E-state index in [9.17, 15) is 19.2 Å². The molecule has 0 spiro atoms. The number of esters is 1. The summed E-state index contributed by atoms with van der Waals surface area (Å²) in [5, 5.41) is 8.92. The van der Waals surface area contributed by atoms with E-state index in [-0.39, 0.29) is 28.0 Å². The fourth-order valence-corrected chi connectivity index (χ4v) is 3.06. The van der Waals surface area contributed by atoms with Gasteiger partial charge < -0.3 is 10.5 Å². The molecule has 2 aromatic carbocycles. The summed E-state index contributed by atoms with van der Waals surface area (Å²) in [6.45, 7) is 2.50. The molecule has 1 aliphatic heterocycles. The topological polar surface area (TPSA) is 131 Å². The number of carbonyl (C=O) groups is 4. The van der Waals surface area contributed by atoms with Crippen LogP contribution < -0.4 is 10.6 Å². The van der Waals surface area contributed by atoms with Gasteiger partial charge in [-0.1, -0.05) is 18.2 Å². The maximum absolute atomic E-state index is 12.8. The Hall–Kier alpha value is -4.25. The van der Waals surface area contributed by atoms with Gasteiger partial charge in [0.05, 0.1) is 22.4 Å². The molecule has 0 aromatic heterocycles. The predicted octanol–water partition coefficient (Wildman–Crippen LogP) is 2.28. The van der Waals surface area contributed by atoms with E-state index in [1.54, 1.807) is 37.3 Å². The van der Waals surface area contributed by atoms with E-state index in [1.165, 1.54) is 25.1 Å². The second kappa shape index (κ2) is 8.01. The van der Waals surface area contributed by atoms with Gasteiger partial charge in [-0.3, -0.25) is 14.4 Å². The average Bonchev–Trinajstić information content (AvgIpc) is 2.96. The van der Waals surface area contributed by atoms with E-state index in [1.807, 2.05) is 0 Å². The van der Waals surface area contributed by atoms with Gasteiger partial charge in [0.15, 0.2) is 6.61 Å². The largest absolute Gasteiger partial charge is 0.454 e. The lowest BCUT2D eigenvalue weighted by atomic mass is 10.1. The van der Waals surface area contributed by atoms with Gasteiger partial charge in [-0.05, 0) is 43.7 Å². The third kappa shape index (κ3) is 3.56. The summed E-state index contributed by atoms with van der Waals surface area (Å²) in [4.78, 5) is 50.9. The highest BCUT2D eigenvalue weighted by atomic mass is 16.5. The van der Waals surface area contributed by atoms with Crippen molar-refractivity contribution < 1.29 is 23.9 Å². The van der Waals surface area contributed by atoms with Crippen molar-refractivity contribution in [2.24, 2.45) is 5.73 Å². The Morgan fingerprint density at radius 2 is 1.77 bits per heavy atom. The van der Waals surface area contributed by atoms with Crippen LogP contribution in [-0.4, -0.2) is 30.2 Å². The van der Waals surface area contributed by atoms with Crippen LogP contribution in [0.25, 0.3) is 0 Å². The lowest BCUT2D eigenvalue weighted by Gasteiger charge is -2.16. The van der Waals surface area contributed by atoms with Gasteiger partial charge in [0.2, 0.25) is 5.78 Å². The molecule has 0 saturated heterocycles. The standard InChI is InChI=1S/C22H17N3O5/c1-12-5-3-4-6-18(12)25-20(27)15-8-7-14(9-16(15)21(25)28)22(29)30-11-19(26)17(10-23)13(2)24/h3-9H,11,24H2,1-2H3/b17-13+. The third-order valence-electron chi connectivity index (χ3n) is 4.60. The number of carbonyl (C=O) groups excluding carboxylic acids is 4. The quantitative estimate of drug-likeness (QED) is 0.351. The Bertz CT molecular complexity index is 1170. The molecule has 150 valence electrons. The number of amides is 2. The summed E-state index contributed by atoms with van der Waals surface area (Å²) in [5.41, 5.74) is 6.64. The van der Waals surface area contributed by atoms with Crippen molar-refractivity contribution in [3.8, 4) is 6.07 Å². The normalized spacial score (nSPS) is 13.4. The highest BCUT2D eigenvalue weighted by molar-refractivity contribution is 6.35. The van der Waals surface area contributed by atoms with E-state index in [0.29, 0.717) is 5.69 Å². The number of aryl methyl sites for hydroxylation is 1. The fourth-order valence-electron chi connectivity index (χ4n) is 3.06. The summed E-state index contributed by atoms with van der Waals surface area (Å²) in [6.07, 6.45) is 0. The van der Waals surface area contributed by atoms with Crippen LogP contribution in [-0.2, 0) is 9.53 Å². The number of ether oxygens (including phenoxy) is 1. The molecule has 0 atom stereocenters. The molecule has 0 fully saturated rings. The number of nitriles is 1. The lowest BCUT2D eigenvalue weighted by Crippen LogP contribution is -2.29. The second-order valence-corrected chi connectivity index (χ2v) is 6.66. The Kier molecular flexibility index (Phi) is 5.47. The smallest absolute Gasteiger partial charge is 0.338 e. The van der Waals surface area contributed by atoms with Crippen LogP contribution in [0, 0.1) is 18.3 Å². The van der Waals surface area contributed by atoms with E-state index in [4.69, 9.17) is 15.7 Å². The number of ketones is 1. The van der Waals surface area contributed by atoms with Gasteiger partial charge in [-0.2, -0.15) is 5.26 Å². The third-order valence-corrected chi connectivity index (χ3v) is 4.60. The molecule has 0 aliphatic carbocycles. The number of anilines is 1. The van der Waals surface area contributed by atoms with Crippen LogP contribution in [0.3, 0.4) is 0 Å². The first kappa shape index (κ1) is 20.5. The summed E-state index contributed by atoms with van der Waals surface area (Å²) >= 11 is 0. The predicted molar refractivity (Wildman–Crippen MR) is 107 cm³/mol.